The molecule has 0 bridgehead atoms. The molecule has 0 aliphatic heterocycles. The Morgan fingerprint density at radius 1 is 0.615 bits per heavy atom. The van der Waals surface area contributed by atoms with E-state index in [9.17, 15) is 40.7 Å². The molecule has 0 aliphatic rings. The molecular formula is C26H26F6N2O5. The number of hydrazone groups is 1. The number of alkyl halides is 6. The first-order chi connectivity index (χ1) is 17.6. The molecule has 2 rings (SSSR count). The summed E-state index contributed by atoms with van der Waals surface area (Å²) >= 11 is 0. The first-order valence-corrected chi connectivity index (χ1v) is 11.3. The third-order valence-corrected chi connectivity index (χ3v) is 4.51. The summed E-state index contributed by atoms with van der Waals surface area (Å²) in [6.07, 6.45) is -12.2. The maximum absolute atomic E-state index is 13.4. The molecule has 2 amide bonds. The molecular weight excluding hydrogens is 534 g/mol. The van der Waals surface area contributed by atoms with Crippen molar-refractivity contribution in [3.63, 3.8) is 0 Å². The molecule has 0 saturated heterocycles. The average molecular weight is 560 g/mol. The van der Waals surface area contributed by atoms with Gasteiger partial charge in [0.05, 0.1) is 11.1 Å². The Bertz CT molecular complexity index is 1210. The van der Waals surface area contributed by atoms with Crippen LogP contribution in [0.15, 0.2) is 53.6 Å². The average Bonchev–Trinajstić information content (AvgIpc) is 2.76. The molecule has 2 aromatic carbocycles. The zero-order valence-electron chi connectivity index (χ0n) is 21.8. The van der Waals surface area contributed by atoms with E-state index in [0.717, 1.165) is 24.3 Å². The van der Waals surface area contributed by atoms with Crippen molar-refractivity contribution >= 4 is 23.7 Å². The lowest BCUT2D eigenvalue weighted by atomic mass is 9.98. The molecule has 0 fully saturated rings. The first-order valence-electron chi connectivity index (χ1n) is 11.3. The summed E-state index contributed by atoms with van der Waals surface area (Å²) in [5.74, 6) is -1.10. The number of carbonyl (C=O) groups is 3. The van der Waals surface area contributed by atoms with E-state index in [-0.39, 0.29) is 16.1 Å². The number of ether oxygens (including phenoxy) is 2. The lowest BCUT2D eigenvalue weighted by Crippen LogP contribution is -2.41. The predicted molar refractivity (Wildman–Crippen MR) is 128 cm³/mol. The highest BCUT2D eigenvalue weighted by molar-refractivity contribution is 6.51. The highest BCUT2D eigenvalue weighted by Gasteiger charge is 2.35. The summed E-state index contributed by atoms with van der Waals surface area (Å²) in [6, 6.07) is 5.91. The van der Waals surface area contributed by atoms with Crippen molar-refractivity contribution in [3.05, 3.63) is 70.8 Å². The fourth-order valence-electron chi connectivity index (χ4n) is 2.87. The highest BCUT2D eigenvalue weighted by Crippen LogP contribution is 2.31. The van der Waals surface area contributed by atoms with E-state index in [1.165, 1.54) is 41.5 Å². The Hall–Kier alpha value is -3.90. The Balaban J connectivity index is 2.71. The second-order valence-electron chi connectivity index (χ2n) is 10.2. The van der Waals surface area contributed by atoms with Crippen molar-refractivity contribution in [1.82, 2.24) is 5.01 Å². The Labute approximate surface area is 220 Å². The summed E-state index contributed by atoms with van der Waals surface area (Å²) in [5, 5.41) is 3.89. The molecule has 0 spiro atoms. The summed E-state index contributed by atoms with van der Waals surface area (Å²) in [6.45, 7) is 8.87. The molecule has 13 heteroatoms. The molecule has 0 atom stereocenters. The van der Waals surface area contributed by atoms with Gasteiger partial charge in [0.15, 0.2) is 0 Å². The monoisotopic (exact) mass is 560 g/mol. The molecule has 7 nitrogen and oxygen atoms in total. The fraction of sp³-hybridized carbons (Fsp3) is 0.385. The number of carbonyl (C=O) groups excluding carboxylic acids is 3. The Kier molecular flexibility index (Phi) is 8.89. The van der Waals surface area contributed by atoms with Gasteiger partial charge in [0.1, 0.15) is 16.9 Å². The number of imide groups is 1. The van der Waals surface area contributed by atoms with Gasteiger partial charge in [-0.25, -0.2) is 9.59 Å². The molecule has 39 heavy (non-hydrogen) atoms. The number of nitrogens with zero attached hydrogens (tertiary/aromatic N) is 2. The van der Waals surface area contributed by atoms with Crippen molar-refractivity contribution < 1.29 is 50.2 Å². The topological polar surface area (TPSA) is 85.3 Å². The fourth-order valence-corrected chi connectivity index (χ4v) is 2.87. The smallest absolute Gasteiger partial charge is 0.441 e. The van der Waals surface area contributed by atoms with E-state index in [1.807, 2.05) is 0 Å². The van der Waals surface area contributed by atoms with Crippen molar-refractivity contribution in [2.75, 3.05) is 0 Å². The summed E-state index contributed by atoms with van der Waals surface area (Å²) < 4.78 is 88.6. The second-order valence-corrected chi connectivity index (χ2v) is 10.2. The van der Waals surface area contributed by atoms with Crippen LogP contribution in [0.2, 0.25) is 0 Å². The van der Waals surface area contributed by atoms with Gasteiger partial charge in [-0.05, 0) is 65.8 Å². The van der Waals surface area contributed by atoms with Crippen LogP contribution in [0.3, 0.4) is 0 Å². The quantitative estimate of drug-likeness (QED) is 0.168. The maximum Gasteiger partial charge on any atom is 0.441 e. The van der Waals surface area contributed by atoms with Crippen LogP contribution >= 0.6 is 0 Å². The van der Waals surface area contributed by atoms with E-state index in [4.69, 9.17) is 9.47 Å². The normalized spacial score (nSPS) is 13.1. The zero-order chi connectivity index (χ0) is 30.0. The van der Waals surface area contributed by atoms with E-state index in [1.54, 1.807) is 0 Å². The van der Waals surface area contributed by atoms with E-state index < -0.39 is 58.4 Å². The Morgan fingerprint density at radius 2 is 0.949 bits per heavy atom. The van der Waals surface area contributed by atoms with Crippen LogP contribution in [0, 0.1) is 0 Å². The van der Waals surface area contributed by atoms with Crippen LogP contribution in [-0.4, -0.2) is 39.9 Å². The van der Waals surface area contributed by atoms with E-state index in [0.29, 0.717) is 24.3 Å². The minimum Gasteiger partial charge on any atom is -0.442 e. The number of Topliss-reactive ketones (excluding diaryl/α,β-unsaturated/α-hetero) is 1. The second kappa shape index (κ2) is 11.1. The van der Waals surface area contributed by atoms with Crippen LogP contribution in [0.5, 0.6) is 0 Å². The van der Waals surface area contributed by atoms with Crippen molar-refractivity contribution in [2.45, 2.75) is 65.1 Å². The van der Waals surface area contributed by atoms with Gasteiger partial charge in [-0.3, -0.25) is 4.79 Å². The van der Waals surface area contributed by atoms with E-state index >= 15 is 0 Å². The Morgan fingerprint density at radius 3 is 1.26 bits per heavy atom. The van der Waals surface area contributed by atoms with Gasteiger partial charge >= 0.3 is 24.5 Å². The third-order valence-electron chi connectivity index (χ3n) is 4.51. The molecule has 0 N–H and O–H groups in total. The minimum atomic E-state index is -4.72. The van der Waals surface area contributed by atoms with Crippen LogP contribution < -0.4 is 0 Å². The third kappa shape index (κ3) is 9.11. The highest BCUT2D eigenvalue weighted by atomic mass is 19.4. The summed E-state index contributed by atoms with van der Waals surface area (Å²) in [5.41, 5.74) is -5.77. The van der Waals surface area contributed by atoms with Crippen molar-refractivity contribution in [2.24, 2.45) is 5.10 Å². The summed E-state index contributed by atoms with van der Waals surface area (Å²) in [7, 11) is 0. The van der Waals surface area contributed by atoms with E-state index in [2.05, 4.69) is 5.10 Å². The van der Waals surface area contributed by atoms with Crippen LogP contribution in [0.25, 0.3) is 0 Å². The van der Waals surface area contributed by atoms with Gasteiger partial charge in [-0.1, -0.05) is 29.3 Å². The van der Waals surface area contributed by atoms with Crippen LogP contribution in [-0.2, 0) is 21.8 Å². The zero-order valence-corrected chi connectivity index (χ0v) is 21.8. The molecule has 2 aromatic rings. The lowest BCUT2D eigenvalue weighted by molar-refractivity contribution is -0.138. The maximum atomic E-state index is 13.4. The number of benzene rings is 2. The largest absolute Gasteiger partial charge is 0.442 e. The molecule has 0 aromatic heterocycles. The van der Waals surface area contributed by atoms with Gasteiger partial charge in [0, 0.05) is 11.1 Å². The molecule has 0 unspecified atom stereocenters. The molecule has 0 saturated carbocycles. The van der Waals surface area contributed by atoms with Crippen LogP contribution in [0.1, 0.15) is 68.6 Å². The lowest BCUT2D eigenvalue weighted by Gasteiger charge is -2.26. The number of hydrogen-bond donors (Lipinski definition) is 0. The standard InChI is InChI=1S/C26H26F6N2O5/c1-23(2,3)38-21(36)34(22(37)39-24(4,5)6)33-19(15-7-11-17(12-8-15)25(27,28)29)20(35)16-9-13-18(14-10-16)26(30,31)32/h7-14H,1-6H3/b33-19-. The number of hydrogen-bond acceptors (Lipinski definition) is 6. The first kappa shape index (κ1) is 31.3. The van der Waals surface area contributed by atoms with Crippen molar-refractivity contribution in [1.29, 1.82) is 0 Å². The van der Waals surface area contributed by atoms with Crippen LogP contribution in [0.4, 0.5) is 35.9 Å². The minimum absolute atomic E-state index is 0.0888. The number of amides is 2. The molecule has 0 radical (unpaired) electrons. The van der Waals surface area contributed by atoms with Gasteiger partial charge in [-0.15, -0.1) is 0 Å². The number of rotatable bonds is 4. The molecule has 0 heterocycles. The predicted octanol–water partition coefficient (Wildman–Crippen LogP) is 7.48. The van der Waals surface area contributed by atoms with Gasteiger partial charge in [0.25, 0.3) is 0 Å². The number of ketones is 1. The SMILES string of the molecule is CC(C)(C)OC(=O)N(/N=C(\C(=O)c1ccc(C(F)(F)F)cc1)c1ccc(C(F)(F)F)cc1)C(=O)OC(C)(C)C. The van der Waals surface area contributed by atoms with Crippen molar-refractivity contribution in [3.8, 4) is 0 Å². The molecule has 212 valence electrons. The number of halogens is 6. The van der Waals surface area contributed by atoms with Gasteiger partial charge < -0.3 is 9.47 Å². The van der Waals surface area contributed by atoms with Gasteiger partial charge in [0.2, 0.25) is 5.78 Å². The summed E-state index contributed by atoms with van der Waals surface area (Å²) in [4.78, 5) is 39.1. The van der Waals surface area contributed by atoms with Gasteiger partial charge in [-0.2, -0.15) is 31.4 Å². The molecule has 0 aliphatic carbocycles.